The summed E-state index contributed by atoms with van der Waals surface area (Å²) < 4.78 is 0. The third-order valence-electron chi connectivity index (χ3n) is 4.69. The second-order valence-electron chi connectivity index (χ2n) is 6.75. The molecule has 4 rings (SSSR count). The molecule has 1 aliphatic rings. The number of aromatic amines is 1. The summed E-state index contributed by atoms with van der Waals surface area (Å²) in [4.78, 5) is 17.5. The molecule has 130 valence electrons. The van der Waals surface area contributed by atoms with Gasteiger partial charge in [0.1, 0.15) is 5.69 Å². The van der Waals surface area contributed by atoms with Crippen molar-refractivity contribution in [3.8, 4) is 0 Å². The highest BCUT2D eigenvalue weighted by atomic mass is 16.1. The smallest absolute Gasteiger partial charge is 0.256 e. The zero-order chi connectivity index (χ0) is 18.3. The summed E-state index contributed by atoms with van der Waals surface area (Å²) in [6, 6.07) is 12.1. The summed E-state index contributed by atoms with van der Waals surface area (Å²) in [5.41, 5.74) is 8.25. The summed E-state index contributed by atoms with van der Waals surface area (Å²) in [7, 11) is 0. The van der Waals surface area contributed by atoms with Crippen molar-refractivity contribution in [1.29, 1.82) is 0 Å². The van der Waals surface area contributed by atoms with Crippen LogP contribution in [0.4, 0.5) is 11.4 Å². The number of para-hydroxylation sites is 1. The molecular weight excluding hydrogens is 324 g/mol. The summed E-state index contributed by atoms with van der Waals surface area (Å²) >= 11 is 0. The number of fused-ring (bicyclic) bond motifs is 1. The van der Waals surface area contributed by atoms with E-state index in [1.807, 2.05) is 51.1 Å². The second kappa shape index (κ2) is 6.26. The van der Waals surface area contributed by atoms with Gasteiger partial charge in [0.15, 0.2) is 0 Å². The molecular formula is C21H20N4O. The van der Waals surface area contributed by atoms with E-state index in [1.165, 1.54) is 5.56 Å². The summed E-state index contributed by atoms with van der Waals surface area (Å²) in [5, 5.41) is 10.1. The molecule has 1 amide bonds. The van der Waals surface area contributed by atoms with Crippen LogP contribution in [-0.2, 0) is 6.42 Å². The third-order valence-corrected chi connectivity index (χ3v) is 4.69. The monoisotopic (exact) mass is 344 g/mol. The van der Waals surface area contributed by atoms with Gasteiger partial charge in [0, 0.05) is 12.0 Å². The molecule has 0 fully saturated rings. The number of aromatic nitrogens is 2. The lowest BCUT2D eigenvalue weighted by Gasteiger charge is -2.12. The van der Waals surface area contributed by atoms with Crippen LogP contribution in [0.1, 0.15) is 38.3 Å². The summed E-state index contributed by atoms with van der Waals surface area (Å²) in [6.07, 6.45) is 2.36. The number of rotatable bonds is 3. The van der Waals surface area contributed by atoms with Crippen molar-refractivity contribution < 1.29 is 4.79 Å². The van der Waals surface area contributed by atoms with Crippen LogP contribution in [0, 0.1) is 20.8 Å². The maximum atomic E-state index is 12.9. The minimum absolute atomic E-state index is 0.126. The number of hydrogen-bond donors (Lipinski definition) is 2. The highest BCUT2D eigenvalue weighted by molar-refractivity contribution is 6.13. The van der Waals surface area contributed by atoms with Crippen LogP contribution < -0.4 is 5.32 Å². The standard InChI is InChI=1S/C21H20N4O/c1-12-8-13(2)19(14(3)9-12)21(26)24-18-11-22-25-20(18)17-10-15-6-4-5-7-16(15)23-17/h4-9,11H,10H2,1-3H3,(H,22,25)(H,24,26). The van der Waals surface area contributed by atoms with Gasteiger partial charge < -0.3 is 5.32 Å². The molecule has 0 unspecified atom stereocenters. The maximum absolute atomic E-state index is 12.9. The van der Waals surface area contributed by atoms with Crippen molar-refractivity contribution in [3.05, 3.63) is 76.1 Å². The number of nitrogens with zero attached hydrogens (tertiary/aromatic N) is 2. The van der Waals surface area contributed by atoms with Crippen LogP contribution in [0.25, 0.3) is 0 Å². The van der Waals surface area contributed by atoms with E-state index in [4.69, 9.17) is 0 Å². The number of carbonyl (C=O) groups is 1. The lowest BCUT2D eigenvalue weighted by atomic mass is 9.99. The van der Waals surface area contributed by atoms with E-state index >= 15 is 0 Å². The Balaban J connectivity index is 1.62. The predicted molar refractivity (Wildman–Crippen MR) is 104 cm³/mol. The van der Waals surface area contributed by atoms with Crippen LogP contribution in [0.5, 0.6) is 0 Å². The summed E-state index contributed by atoms with van der Waals surface area (Å²) in [6.45, 7) is 5.96. The molecule has 0 saturated heterocycles. The van der Waals surface area contributed by atoms with Crippen molar-refractivity contribution in [2.75, 3.05) is 5.32 Å². The van der Waals surface area contributed by atoms with E-state index in [9.17, 15) is 4.79 Å². The zero-order valence-corrected chi connectivity index (χ0v) is 15.1. The fourth-order valence-corrected chi connectivity index (χ4v) is 3.60. The highest BCUT2D eigenvalue weighted by Gasteiger charge is 2.21. The molecule has 2 heterocycles. The number of benzene rings is 2. The maximum Gasteiger partial charge on any atom is 0.256 e. The number of H-pyrrole nitrogens is 1. The van der Waals surface area contributed by atoms with Gasteiger partial charge in [0.25, 0.3) is 5.91 Å². The quantitative estimate of drug-likeness (QED) is 0.745. The zero-order valence-electron chi connectivity index (χ0n) is 15.1. The molecule has 0 bridgehead atoms. The van der Waals surface area contributed by atoms with E-state index in [0.29, 0.717) is 11.3 Å². The minimum atomic E-state index is -0.126. The van der Waals surface area contributed by atoms with Gasteiger partial charge in [-0.05, 0) is 43.5 Å². The Bertz CT molecular complexity index is 1020. The van der Waals surface area contributed by atoms with Crippen molar-refractivity contribution in [2.45, 2.75) is 27.2 Å². The number of anilines is 1. The fourth-order valence-electron chi connectivity index (χ4n) is 3.60. The number of amides is 1. The molecule has 26 heavy (non-hydrogen) atoms. The van der Waals surface area contributed by atoms with Crippen molar-refractivity contribution in [2.24, 2.45) is 4.99 Å². The second-order valence-corrected chi connectivity index (χ2v) is 6.75. The molecule has 0 aliphatic carbocycles. The number of carbonyl (C=O) groups excluding carboxylic acids is 1. The summed E-state index contributed by atoms with van der Waals surface area (Å²) in [5.74, 6) is -0.126. The minimum Gasteiger partial charge on any atom is -0.319 e. The van der Waals surface area contributed by atoms with Crippen LogP contribution >= 0.6 is 0 Å². The fraction of sp³-hybridized carbons (Fsp3) is 0.190. The van der Waals surface area contributed by atoms with E-state index in [0.717, 1.165) is 40.2 Å². The van der Waals surface area contributed by atoms with Gasteiger partial charge >= 0.3 is 0 Å². The lowest BCUT2D eigenvalue weighted by molar-refractivity contribution is 0.102. The van der Waals surface area contributed by atoms with Gasteiger partial charge in [-0.1, -0.05) is 35.9 Å². The average molecular weight is 344 g/mol. The predicted octanol–water partition coefficient (Wildman–Crippen LogP) is 4.26. The molecule has 1 aliphatic heterocycles. The molecule has 2 N–H and O–H groups in total. The van der Waals surface area contributed by atoms with Gasteiger partial charge in [0.2, 0.25) is 0 Å². The number of hydrogen-bond acceptors (Lipinski definition) is 3. The first-order chi connectivity index (χ1) is 12.5. The van der Waals surface area contributed by atoms with Crippen LogP contribution in [0.2, 0.25) is 0 Å². The van der Waals surface area contributed by atoms with E-state index < -0.39 is 0 Å². The highest BCUT2D eigenvalue weighted by Crippen LogP contribution is 2.30. The molecule has 0 saturated carbocycles. The Hall–Kier alpha value is -3.21. The first kappa shape index (κ1) is 16.3. The van der Waals surface area contributed by atoms with Crippen LogP contribution in [0.3, 0.4) is 0 Å². The Morgan fingerprint density at radius 1 is 1.12 bits per heavy atom. The van der Waals surface area contributed by atoms with Gasteiger partial charge in [-0.3, -0.25) is 14.9 Å². The topological polar surface area (TPSA) is 70.1 Å². The van der Waals surface area contributed by atoms with E-state index in [-0.39, 0.29) is 5.91 Å². The van der Waals surface area contributed by atoms with Crippen molar-refractivity contribution in [1.82, 2.24) is 10.2 Å². The Labute approximate surface area is 152 Å². The first-order valence-electron chi connectivity index (χ1n) is 8.61. The van der Waals surface area contributed by atoms with E-state index in [1.54, 1.807) is 6.20 Å². The Morgan fingerprint density at radius 3 is 2.58 bits per heavy atom. The van der Waals surface area contributed by atoms with Gasteiger partial charge in [-0.2, -0.15) is 5.10 Å². The SMILES string of the molecule is Cc1cc(C)c(C(=O)Nc2cn[nH]c2C2=Nc3ccccc3C2)c(C)c1. The molecule has 5 nitrogen and oxygen atoms in total. The van der Waals surface area contributed by atoms with Gasteiger partial charge in [-0.15, -0.1) is 0 Å². The average Bonchev–Trinajstić information content (AvgIpc) is 3.19. The van der Waals surface area contributed by atoms with Crippen LogP contribution in [0.15, 0.2) is 47.6 Å². The molecule has 5 heteroatoms. The molecule has 0 spiro atoms. The lowest BCUT2D eigenvalue weighted by Crippen LogP contribution is -2.17. The number of nitrogens with one attached hydrogen (secondary N) is 2. The normalized spacial score (nSPS) is 12.7. The number of aliphatic imine (C=N–C) groups is 1. The third kappa shape index (κ3) is 2.81. The molecule has 1 aromatic heterocycles. The van der Waals surface area contributed by atoms with Gasteiger partial charge in [0.05, 0.1) is 23.3 Å². The first-order valence-corrected chi connectivity index (χ1v) is 8.61. The molecule has 0 atom stereocenters. The number of aryl methyl sites for hydroxylation is 3. The van der Waals surface area contributed by atoms with E-state index in [2.05, 4.69) is 26.6 Å². The Morgan fingerprint density at radius 2 is 1.85 bits per heavy atom. The van der Waals surface area contributed by atoms with Crippen molar-refractivity contribution >= 4 is 23.0 Å². The van der Waals surface area contributed by atoms with Gasteiger partial charge in [-0.25, -0.2) is 0 Å². The molecule has 2 aromatic carbocycles. The van der Waals surface area contributed by atoms with Crippen LogP contribution in [-0.4, -0.2) is 21.8 Å². The Kier molecular flexibility index (Phi) is 3.92. The molecule has 0 radical (unpaired) electrons. The molecule has 3 aromatic rings. The van der Waals surface area contributed by atoms with Crippen molar-refractivity contribution in [3.63, 3.8) is 0 Å². The largest absolute Gasteiger partial charge is 0.319 e.